The molecular formula is C11H20ClNO5S. The van der Waals surface area contributed by atoms with E-state index in [2.05, 4.69) is 5.32 Å². The number of hydrogen-bond donors (Lipinski definition) is 4. The molecule has 0 spiro atoms. The number of thioether (sulfide) groups is 1. The van der Waals surface area contributed by atoms with Crippen molar-refractivity contribution in [3.63, 3.8) is 0 Å². The Kier molecular flexibility index (Phi) is 6.35. The average molecular weight is 314 g/mol. The molecule has 19 heavy (non-hydrogen) atoms. The van der Waals surface area contributed by atoms with Gasteiger partial charge in [0, 0.05) is 6.92 Å². The standard InChI is InChI=1S/C11H20ClNO5S/c1-4(12)6(13-5(2)14)10-8(16)7(15)9(17)11(18-10)19-3/h4,6-11,15-17H,1-3H3,(H,13,14)/t4?,6?,7-,8+,9+,10?,11+/m0/s1. The zero-order valence-electron chi connectivity index (χ0n) is 11.0. The Morgan fingerprint density at radius 3 is 2.32 bits per heavy atom. The first-order valence-electron chi connectivity index (χ1n) is 5.93. The Morgan fingerprint density at radius 2 is 1.89 bits per heavy atom. The highest BCUT2D eigenvalue weighted by atomic mass is 35.5. The van der Waals surface area contributed by atoms with Crippen LogP contribution in [0.25, 0.3) is 0 Å². The van der Waals surface area contributed by atoms with E-state index in [9.17, 15) is 20.1 Å². The summed E-state index contributed by atoms with van der Waals surface area (Å²) >= 11 is 7.22. The van der Waals surface area contributed by atoms with Gasteiger partial charge in [-0.25, -0.2) is 0 Å². The molecule has 1 aliphatic heterocycles. The zero-order valence-corrected chi connectivity index (χ0v) is 12.6. The maximum absolute atomic E-state index is 11.2. The van der Waals surface area contributed by atoms with E-state index in [4.69, 9.17) is 16.3 Å². The number of aliphatic hydroxyl groups excluding tert-OH is 3. The van der Waals surface area contributed by atoms with E-state index >= 15 is 0 Å². The SMILES string of the molecule is CS[C@H]1OC(C(NC(C)=O)C(C)Cl)[C@H](O)[C@H](O)[C@H]1O. The second-order valence-corrected chi connectivity index (χ2v) is 6.20. The molecule has 112 valence electrons. The molecule has 7 atom stereocenters. The summed E-state index contributed by atoms with van der Waals surface area (Å²) in [6.07, 6.45) is -3.02. The molecule has 0 radical (unpaired) electrons. The number of halogens is 1. The predicted octanol–water partition coefficient (Wildman–Crippen LogP) is -0.711. The summed E-state index contributed by atoms with van der Waals surface area (Å²) in [5.41, 5.74) is -0.685. The van der Waals surface area contributed by atoms with Crippen LogP contribution in [0.2, 0.25) is 0 Å². The Balaban J connectivity index is 2.91. The molecule has 1 fully saturated rings. The fourth-order valence-electron chi connectivity index (χ4n) is 2.06. The van der Waals surface area contributed by atoms with Gasteiger partial charge < -0.3 is 25.4 Å². The largest absolute Gasteiger partial charge is 0.388 e. The normalized spacial score (nSPS) is 38.6. The maximum Gasteiger partial charge on any atom is 0.217 e. The molecule has 1 saturated heterocycles. The lowest BCUT2D eigenvalue weighted by atomic mass is 9.93. The highest BCUT2D eigenvalue weighted by Gasteiger charge is 2.47. The number of amides is 1. The van der Waals surface area contributed by atoms with Crippen molar-refractivity contribution in [2.75, 3.05) is 6.26 Å². The van der Waals surface area contributed by atoms with Gasteiger partial charge in [0.05, 0.1) is 11.4 Å². The summed E-state index contributed by atoms with van der Waals surface area (Å²) in [5.74, 6) is -0.311. The number of rotatable bonds is 4. The van der Waals surface area contributed by atoms with Crippen molar-refractivity contribution in [2.45, 2.75) is 55.1 Å². The summed E-state index contributed by atoms with van der Waals surface area (Å²) < 4.78 is 5.56. The number of hydrogen-bond acceptors (Lipinski definition) is 6. The lowest BCUT2D eigenvalue weighted by molar-refractivity contribution is -0.205. The summed E-state index contributed by atoms with van der Waals surface area (Å²) in [7, 11) is 0. The van der Waals surface area contributed by atoms with Crippen LogP contribution in [-0.2, 0) is 9.53 Å². The second-order valence-electron chi connectivity index (χ2n) is 4.58. The smallest absolute Gasteiger partial charge is 0.217 e. The molecule has 6 nitrogen and oxygen atoms in total. The van der Waals surface area contributed by atoms with Gasteiger partial charge in [-0.3, -0.25) is 4.79 Å². The van der Waals surface area contributed by atoms with Gasteiger partial charge in [0.2, 0.25) is 5.91 Å². The van der Waals surface area contributed by atoms with Gasteiger partial charge in [0.25, 0.3) is 0 Å². The highest BCUT2D eigenvalue weighted by molar-refractivity contribution is 7.99. The number of ether oxygens (including phenoxy) is 1. The molecule has 4 N–H and O–H groups in total. The van der Waals surface area contributed by atoms with Crippen molar-refractivity contribution in [3.8, 4) is 0 Å². The highest BCUT2D eigenvalue weighted by Crippen LogP contribution is 2.30. The molecule has 1 aliphatic rings. The van der Waals surface area contributed by atoms with Crippen LogP contribution < -0.4 is 5.32 Å². The molecule has 0 aromatic carbocycles. The fraction of sp³-hybridized carbons (Fsp3) is 0.909. The molecule has 1 heterocycles. The molecule has 1 rings (SSSR count). The first-order valence-corrected chi connectivity index (χ1v) is 7.65. The van der Waals surface area contributed by atoms with Gasteiger partial charge >= 0.3 is 0 Å². The molecule has 1 amide bonds. The van der Waals surface area contributed by atoms with Crippen molar-refractivity contribution >= 4 is 29.3 Å². The fourth-order valence-corrected chi connectivity index (χ4v) is 2.94. The van der Waals surface area contributed by atoms with Crippen LogP contribution in [0, 0.1) is 0 Å². The van der Waals surface area contributed by atoms with E-state index < -0.39 is 41.3 Å². The van der Waals surface area contributed by atoms with E-state index in [0.717, 1.165) is 0 Å². The summed E-state index contributed by atoms with van der Waals surface area (Å²) in [6, 6.07) is -0.661. The number of aliphatic hydroxyl groups is 3. The molecular weight excluding hydrogens is 294 g/mol. The monoisotopic (exact) mass is 313 g/mol. The van der Waals surface area contributed by atoms with E-state index in [1.165, 1.54) is 18.7 Å². The third kappa shape index (κ3) is 3.96. The molecule has 0 aromatic rings. The lowest BCUT2D eigenvalue weighted by Crippen LogP contribution is -2.64. The summed E-state index contributed by atoms with van der Waals surface area (Å²) in [6.45, 7) is 2.99. The third-order valence-electron chi connectivity index (χ3n) is 3.06. The summed E-state index contributed by atoms with van der Waals surface area (Å²) in [5, 5.41) is 31.7. The third-order valence-corrected chi connectivity index (χ3v) is 4.18. The minimum Gasteiger partial charge on any atom is -0.388 e. The van der Waals surface area contributed by atoms with Crippen molar-refractivity contribution in [1.82, 2.24) is 5.32 Å². The first-order chi connectivity index (χ1) is 8.79. The van der Waals surface area contributed by atoms with Gasteiger partial charge in [-0.15, -0.1) is 23.4 Å². The van der Waals surface area contributed by atoms with Crippen molar-refractivity contribution < 1.29 is 24.9 Å². The minimum atomic E-state index is -1.34. The quantitative estimate of drug-likeness (QED) is 0.512. The first kappa shape index (κ1) is 17.0. The molecule has 0 aromatic heterocycles. The Morgan fingerprint density at radius 1 is 1.32 bits per heavy atom. The molecule has 0 aliphatic carbocycles. The van der Waals surface area contributed by atoms with Gasteiger partial charge in [-0.05, 0) is 13.2 Å². The van der Waals surface area contributed by atoms with Crippen LogP contribution in [0.4, 0.5) is 0 Å². The van der Waals surface area contributed by atoms with E-state index in [1.54, 1.807) is 13.2 Å². The number of carbonyl (C=O) groups is 1. The van der Waals surface area contributed by atoms with E-state index in [0.29, 0.717) is 0 Å². The van der Waals surface area contributed by atoms with Crippen LogP contribution in [0.5, 0.6) is 0 Å². The molecule has 0 bridgehead atoms. The van der Waals surface area contributed by atoms with E-state index in [1.807, 2.05) is 0 Å². The van der Waals surface area contributed by atoms with Crippen LogP contribution in [0.1, 0.15) is 13.8 Å². The summed E-state index contributed by atoms with van der Waals surface area (Å²) in [4.78, 5) is 11.2. The van der Waals surface area contributed by atoms with Crippen LogP contribution in [0.15, 0.2) is 0 Å². The molecule has 0 saturated carbocycles. The number of nitrogens with one attached hydrogen (secondary N) is 1. The Labute approximate surface area is 121 Å². The van der Waals surface area contributed by atoms with Crippen LogP contribution >= 0.6 is 23.4 Å². The predicted molar refractivity (Wildman–Crippen MR) is 73.1 cm³/mol. The maximum atomic E-state index is 11.2. The second kappa shape index (κ2) is 7.10. The van der Waals surface area contributed by atoms with Crippen LogP contribution in [0.3, 0.4) is 0 Å². The van der Waals surface area contributed by atoms with Gasteiger partial charge in [0.15, 0.2) is 0 Å². The Hall–Kier alpha value is -0.0500. The van der Waals surface area contributed by atoms with Crippen molar-refractivity contribution in [1.29, 1.82) is 0 Å². The van der Waals surface area contributed by atoms with E-state index in [-0.39, 0.29) is 5.91 Å². The van der Waals surface area contributed by atoms with Crippen molar-refractivity contribution in [2.24, 2.45) is 0 Å². The Bertz CT molecular complexity index is 317. The topological polar surface area (TPSA) is 99.0 Å². The average Bonchev–Trinajstić information content (AvgIpc) is 2.34. The molecule has 8 heteroatoms. The number of carbonyl (C=O) groups excluding carboxylic acids is 1. The van der Waals surface area contributed by atoms with Gasteiger partial charge in [-0.2, -0.15) is 0 Å². The zero-order chi connectivity index (χ0) is 14.7. The van der Waals surface area contributed by atoms with Crippen molar-refractivity contribution in [3.05, 3.63) is 0 Å². The van der Waals surface area contributed by atoms with Crippen LogP contribution in [-0.4, -0.2) is 68.8 Å². The molecule has 3 unspecified atom stereocenters. The number of alkyl halides is 1. The lowest BCUT2D eigenvalue weighted by Gasteiger charge is -2.43. The van der Waals surface area contributed by atoms with Gasteiger partial charge in [0.1, 0.15) is 29.9 Å². The minimum absolute atomic E-state index is 0.311. The van der Waals surface area contributed by atoms with Gasteiger partial charge in [-0.1, -0.05) is 0 Å².